The molecule has 7 nitrogen and oxygen atoms in total. The minimum Gasteiger partial charge on any atom is -0.487 e. The molecule has 200 valence electrons. The number of hydrogen-bond acceptors (Lipinski definition) is 6. The summed E-state index contributed by atoms with van der Waals surface area (Å²) in [5.41, 5.74) is 1.42. The van der Waals surface area contributed by atoms with Crippen molar-refractivity contribution in [3.05, 3.63) is 94.7 Å². The summed E-state index contributed by atoms with van der Waals surface area (Å²) < 4.78 is 64.8. The zero-order valence-corrected chi connectivity index (χ0v) is 20.4. The number of halogens is 4. The average molecular weight is 531 g/mol. The minimum absolute atomic E-state index is 0.0142. The molecule has 2 aromatic carbocycles. The molecule has 0 aliphatic carbocycles. The molecule has 0 bridgehead atoms. The van der Waals surface area contributed by atoms with Crippen LogP contribution in [0.1, 0.15) is 46.8 Å². The van der Waals surface area contributed by atoms with Gasteiger partial charge in [0.1, 0.15) is 30.1 Å². The maximum Gasteiger partial charge on any atom is 0.416 e. The van der Waals surface area contributed by atoms with Crippen molar-refractivity contribution in [2.45, 2.75) is 45.0 Å². The fourth-order valence-electron chi connectivity index (χ4n) is 3.65. The predicted octanol–water partition coefficient (Wildman–Crippen LogP) is 5.73. The van der Waals surface area contributed by atoms with Crippen LogP contribution in [-0.2, 0) is 32.2 Å². The maximum absolute atomic E-state index is 14.0. The van der Waals surface area contributed by atoms with Crippen LogP contribution in [0.4, 0.5) is 17.6 Å². The van der Waals surface area contributed by atoms with Crippen molar-refractivity contribution in [2.75, 3.05) is 6.61 Å². The first kappa shape index (κ1) is 27.1. The summed E-state index contributed by atoms with van der Waals surface area (Å²) in [6, 6.07) is 10.1. The van der Waals surface area contributed by atoms with Gasteiger partial charge in [-0.3, -0.25) is 4.68 Å². The lowest BCUT2D eigenvalue weighted by Gasteiger charge is -2.07. The van der Waals surface area contributed by atoms with E-state index in [0.29, 0.717) is 23.9 Å². The lowest BCUT2D eigenvalue weighted by molar-refractivity contribution is -0.137. The number of aliphatic hydroxyl groups excluding tert-OH is 1. The van der Waals surface area contributed by atoms with Crippen molar-refractivity contribution in [1.29, 1.82) is 0 Å². The van der Waals surface area contributed by atoms with Crippen molar-refractivity contribution >= 4 is 12.2 Å². The number of aryl methyl sites for hydroxylation is 2. The summed E-state index contributed by atoms with van der Waals surface area (Å²) >= 11 is 0. The predicted molar refractivity (Wildman–Crippen MR) is 131 cm³/mol. The summed E-state index contributed by atoms with van der Waals surface area (Å²) in [4.78, 5) is 4.23. The highest BCUT2D eigenvalue weighted by Gasteiger charge is 2.31. The van der Waals surface area contributed by atoms with Gasteiger partial charge >= 0.3 is 6.18 Å². The summed E-state index contributed by atoms with van der Waals surface area (Å²) in [6.07, 6.45) is 4.69. The van der Waals surface area contributed by atoms with E-state index in [9.17, 15) is 17.6 Å². The van der Waals surface area contributed by atoms with Gasteiger partial charge in [0.05, 0.1) is 11.3 Å². The van der Waals surface area contributed by atoms with Crippen LogP contribution in [0.2, 0.25) is 0 Å². The van der Waals surface area contributed by atoms with Crippen molar-refractivity contribution in [3.63, 3.8) is 0 Å². The van der Waals surface area contributed by atoms with Gasteiger partial charge in [-0.15, -0.1) is 5.10 Å². The van der Waals surface area contributed by atoms with Gasteiger partial charge in [-0.2, -0.15) is 13.2 Å². The molecule has 11 heteroatoms. The van der Waals surface area contributed by atoms with Crippen LogP contribution in [0.25, 0.3) is 12.2 Å². The van der Waals surface area contributed by atoms with Crippen molar-refractivity contribution < 1.29 is 31.8 Å². The molecule has 0 amide bonds. The van der Waals surface area contributed by atoms with E-state index in [1.54, 1.807) is 4.68 Å². The Labute approximate surface area is 216 Å². The number of unbranched alkanes of at least 4 members (excludes halogenated alkanes) is 1. The highest BCUT2D eigenvalue weighted by atomic mass is 19.4. The molecule has 38 heavy (non-hydrogen) atoms. The fourth-order valence-corrected chi connectivity index (χ4v) is 3.65. The summed E-state index contributed by atoms with van der Waals surface area (Å²) in [6.45, 7) is 0.988. The molecule has 0 atom stereocenters. The molecule has 0 aliphatic rings. The van der Waals surface area contributed by atoms with Crippen LogP contribution >= 0.6 is 0 Å². The first-order chi connectivity index (χ1) is 18.3. The first-order valence-corrected chi connectivity index (χ1v) is 12.0. The number of nitrogens with zero attached hydrogens (tertiary/aromatic N) is 4. The number of alkyl halides is 3. The van der Waals surface area contributed by atoms with Gasteiger partial charge in [0.15, 0.2) is 0 Å². The van der Waals surface area contributed by atoms with E-state index in [4.69, 9.17) is 14.3 Å². The second-order valence-electron chi connectivity index (χ2n) is 8.58. The smallest absolute Gasteiger partial charge is 0.416 e. The van der Waals surface area contributed by atoms with Crippen LogP contribution in [0.15, 0.2) is 59.3 Å². The molecular formula is C27H26F4N4O3. The average Bonchev–Trinajstić information content (AvgIpc) is 3.54. The van der Waals surface area contributed by atoms with Crippen LogP contribution in [0.5, 0.6) is 5.75 Å². The number of oxazole rings is 1. The van der Waals surface area contributed by atoms with Gasteiger partial charge < -0.3 is 14.3 Å². The maximum atomic E-state index is 14.0. The molecule has 0 radical (unpaired) electrons. The lowest BCUT2D eigenvalue weighted by atomic mass is 10.1. The molecular weight excluding hydrogens is 504 g/mol. The zero-order chi connectivity index (χ0) is 27.0. The van der Waals surface area contributed by atoms with Crippen molar-refractivity contribution in [2.24, 2.45) is 0 Å². The van der Waals surface area contributed by atoms with Crippen LogP contribution in [0.3, 0.4) is 0 Å². The topological polar surface area (TPSA) is 86.2 Å². The SMILES string of the molecule is OCCc1cn(CCCCc2ccc(OCc3coc(C=Cc4ccc(C(F)(F)F)cc4F)n3)cc2)nn1. The standard InChI is InChI=1S/C27H26F4N4O3/c28-25-15-21(27(29,30)31)8-6-20(25)7-11-26-32-23(18-38-26)17-37-24-9-4-19(5-10-24)3-1-2-13-35-16-22(12-14-36)33-34-35/h4-11,15-16,18,36H,1-3,12-14,17H2. The summed E-state index contributed by atoms with van der Waals surface area (Å²) in [5, 5.41) is 17.0. The van der Waals surface area contributed by atoms with Gasteiger partial charge in [0.2, 0.25) is 5.89 Å². The molecule has 0 aliphatic heterocycles. The molecule has 0 saturated heterocycles. The molecule has 0 saturated carbocycles. The lowest BCUT2D eigenvalue weighted by Crippen LogP contribution is -2.05. The van der Waals surface area contributed by atoms with E-state index >= 15 is 0 Å². The Morgan fingerprint density at radius 1 is 1.00 bits per heavy atom. The Kier molecular flexibility index (Phi) is 8.90. The van der Waals surface area contributed by atoms with E-state index in [0.717, 1.165) is 43.6 Å². The normalized spacial score (nSPS) is 11.9. The van der Waals surface area contributed by atoms with Gasteiger partial charge in [-0.25, -0.2) is 9.37 Å². The number of hydrogen-bond donors (Lipinski definition) is 1. The highest BCUT2D eigenvalue weighted by molar-refractivity contribution is 5.66. The largest absolute Gasteiger partial charge is 0.487 e. The number of aliphatic hydroxyl groups is 1. The van der Waals surface area contributed by atoms with E-state index in [1.807, 2.05) is 30.5 Å². The Bertz CT molecular complexity index is 1350. The van der Waals surface area contributed by atoms with Crippen LogP contribution in [-0.4, -0.2) is 31.7 Å². The molecule has 2 aromatic heterocycles. The molecule has 0 spiro atoms. The Balaban J connectivity index is 1.21. The minimum atomic E-state index is -4.60. The molecule has 4 rings (SSSR count). The number of benzene rings is 2. The molecule has 1 N–H and O–H groups in total. The fraction of sp³-hybridized carbons (Fsp3) is 0.296. The number of rotatable bonds is 12. The number of ether oxygens (including phenoxy) is 1. The van der Waals surface area contributed by atoms with Crippen molar-refractivity contribution in [1.82, 2.24) is 20.0 Å². The third-order valence-electron chi connectivity index (χ3n) is 5.67. The van der Waals surface area contributed by atoms with Gasteiger partial charge in [0, 0.05) is 37.4 Å². The Morgan fingerprint density at radius 3 is 2.55 bits per heavy atom. The molecule has 0 unspecified atom stereocenters. The Hall–Kier alpha value is -3.99. The Morgan fingerprint density at radius 2 is 1.82 bits per heavy atom. The van der Waals surface area contributed by atoms with E-state index in [1.165, 1.54) is 24.0 Å². The monoisotopic (exact) mass is 530 g/mol. The van der Waals surface area contributed by atoms with Crippen molar-refractivity contribution in [3.8, 4) is 5.75 Å². The quantitative estimate of drug-likeness (QED) is 0.186. The van der Waals surface area contributed by atoms with Gasteiger partial charge in [0.25, 0.3) is 0 Å². The van der Waals surface area contributed by atoms with E-state index < -0.39 is 17.6 Å². The van der Waals surface area contributed by atoms with Gasteiger partial charge in [-0.1, -0.05) is 23.4 Å². The van der Waals surface area contributed by atoms with E-state index in [2.05, 4.69) is 15.3 Å². The van der Waals surface area contributed by atoms with Crippen LogP contribution < -0.4 is 4.74 Å². The second-order valence-corrected chi connectivity index (χ2v) is 8.58. The molecule has 4 aromatic rings. The molecule has 0 fully saturated rings. The molecule has 2 heterocycles. The first-order valence-electron chi connectivity index (χ1n) is 12.0. The van der Waals surface area contributed by atoms with Gasteiger partial charge in [-0.05, 0) is 55.2 Å². The zero-order valence-electron chi connectivity index (χ0n) is 20.4. The third-order valence-corrected chi connectivity index (χ3v) is 5.67. The van der Waals surface area contributed by atoms with Crippen LogP contribution in [0, 0.1) is 5.82 Å². The second kappa shape index (κ2) is 12.5. The third kappa shape index (κ3) is 7.75. The van der Waals surface area contributed by atoms with E-state index in [-0.39, 0.29) is 24.7 Å². The summed E-state index contributed by atoms with van der Waals surface area (Å²) in [5.74, 6) is -0.147. The number of aromatic nitrogens is 4. The highest BCUT2D eigenvalue weighted by Crippen LogP contribution is 2.30. The summed E-state index contributed by atoms with van der Waals surface area (Å²) in [7, 11) is 0.